The van der Waals surface area contributed by atoms with Gasteiger partial charge in [0, 0.05) is 17.6 Å². The van der Waals surface area contributed by atoms with Crippen LogP contribution in [0.3, 0.4) is 0 Å². The summed E-state index contributed by atoms with van der Waals surface area (Å²) in [4.78, 5) is 2.23. The third-order valence-electron chi connectivity index (χ3n) is 2.88. The van der Waals surface area contributed by atoms with Crippen LogP contribution in [0.1, 0.15) is 0 Å². The Morgan fingerprint density at radius 1 is 1.00 bits per heavy atom. The smallest absolute Gasteiger partial charge is 0.0522 e. The monoisotopic (exact) mass is 301 g/mol. The number of nitrogens with zero attached hydrogens (tertiary/aromatic N) is 1. The van der Waals surface area contributed by atoms with Crippen LogP contribution in [0, 0.1) is 0 Å². The van der Waals surface area contributed by atoms with Gasteiger partial charge in [-0.15, -0.1) is 13.2 Å². The van der Waals surface area contributed by atoms with Crippen molar-refractivity contribution in [3.63, 3.8) is 0 Å². The van der Waals surface area contributed by atoms with Crippen LogP contribution < -0.4 is 4.90 Å². The van der Waals surface area contributed by atoms with E-state index in [2.05, 4.69) is 70.4 Å². The highest BCUT2D eigenvalue weighted by Gasteiger charge is 2.09. The highest BCUT2D eigenvalue weighted by Crippen LogP contribution is 2.33. The fourth-order valence-electron chi connectivity index (χ4n) is 2.05. The van der Waals surface area contributed by atoms with Crippen molar-refractivity contribution >= 4 is 32.4 Å². The van der Waals surface area contributed by atoms with Crippen molar-refractivity contribution in [2.75, 3.05) is 18.0 Å². The Labute approximate surface area is 117 Å². The molecule has 0 aliphatic carbocycles. The summed E-state index contributed by atoms with van der Waals surface area (Å²) in [5.74, 6) is 0. The van der Waals surface area contributed by atoms with Gasteiger partial charge in [0.25, 0.3) is 0 Å². The van der Waals surface area contributed by atoms with Crippen molar-refractivity contribution in [1.82, 2.24) is 0 Å². The quantitative estimate of drug-likeness (QED) is 0.718. The number of hydrogen-bond donors (Lipinski definition) is 0. The molecule has 2 rings (SSSR count). The normalized spacial score (nSPS) is 10.3. The maximum absolute atomic E-state index is 3.81. The van der Waals surface area contributed by atoms with Gasteiger partial charge in [-0.25, -0.2) is 0 Å². The van der Waals surface area contributed by atoms with Crippen molar-refractivity contribution < 1.29 is 0 Å². The van der Waals surface area contributed by atoms with Gasteiger partial charge in [0.05, 0.1) is 5.69 Å². The van der Waals surface area contributed by atoms with Crippen molar-refractivity contribution in [2.45, 2.75) is 0 Å². The predicted octanol–water partition coefficient (Wildman–Crippen LogP) is 4.78. The number of halogens is 1. The third-order valence-corrected chi connectivity index (χ3v) is 3.72. The largest absolute Gasteiger partial charge is 0.363 e. The fourth-order valence-corrected chi connectivity index (χ4v) is 2.79. The van der Waals surface area contributed by atoms with Crippen molar-refractivity contribution in [3.05, 3.63) is 66.2 Å². The first-order valence-corrected chi connectivity index (χ1v) is 6.71. The molecule has 0 radical (unpaired) electrons. The average Bonchev–Trinajstić information content (AvgIpc) is 2.39. The summed E-state index contributed by atoms with van der Waals surface area (Å²) in [5, 5.41) is 2.47. The van der Waals surface area contributed by atoms with Crippen molar-refractivity contribution in [2.24, 2.45) is 0 Å². The number of hydrogen-bond acceptors (Lipinski definition) is 1. The molecule has 0 saturated heterocycles. The van der Waals surface area contributed by atoms with E-state index in [4.69, 9.17) is 0 Å². The lowest BCUT2D eigenvalue weighted by Crippen LogP contribution is -2.23. The van der Waals surface area contributed by atoms with Gasteiger partial charge in [0.2, 0.25) is 0 Å². The van der Waals surface area contributed by atoms with Gasteiger partial charge >= 0.3 is 0 Å². The Hall–Kier alpha value is -1.54. The summed E-state index contributed by atoms with van der Waals surface area (Å²) in [5.41, 5.74) is 1.17. The molecule has 0 bridgehead atoms. The first kappa shape index (κ1) is 12.9. The zero-order chi connectivity index (χ0) is 13.0. The van der Waals surface area contributed by atoms with Crippen molar-refractivity contribution in [1.29, 1.82) is 0 Å². The van der Waals surface area contributed by atoms with Crippen LogP contribution in [0.2, 0.25) is 0 Å². The Kier molecular flexibility index (Phi) is 4.21. The van der Waals surface area contributed by atoms with Crippen LogP contribution >= 0.6 is 15.9 Å². The zero-order valence-electron chi connectivity index (χ0n) is 10.3. The number of benzene rings is 2. The summed E-state index contributed by atoms with van der Waals surface area (Å²) in [6.45, 7) is 9.23. The van der Waals surface area contributed by atoms with Crippen LogP contribution in [0.5, 0.6) is 0 Å². The molecule has 0 amide bonds. The molecule has 92 valence electrons. The predicted molar refractivity (Wildman–Crippen MR) is 84.3 cm³/mol. The van der Waals surface area contributed by atoms with E-state index in [0.29, 0.717) is 0 Å². The maximum Gasteiger partial charge on any atom is 0.0522 e. The van der Waals surface area contributed by atoms with Gasteiger partial charge in [0.1, 0.15) is 0 Å². The first-order chi connectivity index (χ1) is 8.77. The Morgan fingerprint density at radius 2 is 1.67 bits per heavy atom. The van der Waals surface area contributed by atoms with Crippen LogP contribution in [0.25, 0.3) is 10.8 Å². The highest BCUT2D eigenvalue weighted by molar-refractivity contribution is 9.10. The molecule has 2 aromatic carbocycles. The van der Waals surface area contributed by atoms with E-state index in [-0.39, 0.29) is 0 Å². The molecule has 1 nitrogen and oxygen atoms in total. The first-order valence-electron chi connectivity index (χ1n) is 5.92. The highest BCUT2D eigenvalue weighted by atomic mass is 79.9. The minimum absolute atomic E-state index is 0.808. The molecule has 0 fully saturated rings. The Bertz CT molecular complexity index is 564. The summed E-state index contributed by atoms with van der Waals surface area (Å²) < 4.78 is 1.13. The second-order valence-electron chi connectivity index (χ2n) is 4.10. The zero-order valence-corrected chi connectivity index (χ0v) is 11.9. The summed E-state index contributed by atoms with van der Waals surface area (Å²) in [6, 6.07) is 12.6. The summed E-state index contributed by atoms with van der Waals surface area (Å²) in [7, 11) is 0. The Morgan fingerprint density at radius 3 is 2.33 bits per heavy atom. The fraction of sp³-hybridized carbons (Fsp3) is 0.125. The van der Waals surface area contributed by atoms with Crippen LogP contribution in [0.15, 0.2) is 66.2 Å². The Balaban J connectivity index is 2.52. The molecule has 0 aliphatic rings. The number of fused-ring (bicyclic) bond motifs is 1. The molecule has 0 atom stereocenters. The van der Waals surface area contributed by atoms with Crippen molar-refractivity contribution in [3.8, 4) is 0 Å². The van der Waals surface area contributed by atoms with E-state index in [1.165, 1.54) is 16.5 Å². The SMILES string of the molecule is C=CCN(CC=C)c1ccc2ccccc2c1Br. The van der Waals surface area contributed by atoms with Gasteiger partial charge in [-0.2, -0.15) is 0 Å². The molecule has 2 heteroatoms. The second kappa shape index (κ2) is 5.87. The van der Waals surface area contributed by atoms with Gasteiger partial charge in [-0.3, -0.25) is 0 Å². The van der Waals surface area contributed by atoms with Gasteiger partial charge < -0.3 is 4.90 Å². The molecular weight excluding hydrogens is 286 g/mol. The molecule has 0 aliphatic heterocycles. The molecule has 0 spiro atoms. The van der Waals surface area contributed by atoms with Crippen LogP contribution in [0.4, 0.5) is 5.69 Å². The lowest BCUT2D eigenvalue weighted by Gasteiger charge is -2.23. The minimum atomic E-state index is 0.808. The molecule has 18 heavy (non-hydrogen) atoms. The molecule has 0 heterocycles. The maximum atomic E-state index is 3.81. The van der Waals surface area contributed by atoms with Gasteiger partial charge in [0.15, 0.2) is 0 Å². The minimum Gasteiger partial charge on any atom is -0.363 e. The number of rotatable bonds is 5. The molecule has 0 saturated carbocycles. The van der Waals surface area contributed by atoms with Crippen LogP contribution in [-0.2, 0) is 0 Å². The van der Waals surface area contributed by atoms with E-state index >= 15 is 0 Å². The average molecular weight is 302 g/mol. The molecule has 0 N–H and O–H groups in total. The van der Waals surface area contributed by atoms with Crippen LogP contribution in [-0.4, -0.2) is 13.1 Å². The van der Waals surface area contributed by atoms with E-state index in [9.17, 15) is 0 Å². The topological polar surface area (TPSA) is 3.24 Å². The van der Waals surface area contributed by atoms with Gasteiger partial charge in [-0.05, 0) is 32.8 Å². The lowest BCUT2D eigenvalue weighted by molar-refractivity contribution is 0.955. The van der Waals surface area contributed by atoms with Gasteiger partial charge in [-0.1, -0.05) is 42.5 Å². The summed E-state index contributed by atoms with van der Waals surface area (Å²) in [6.07, 6.45) is 3.82. The van der Waals surface area contributed by atoms with E-state index < -0.39 is 0 Å². The van der Waals surface area contributed by atoms with E-state index in [1.807, 2.05) is 12.2 Å². The molecule has 0 aromatic heterocycles. The number of anilines is 1. The van der Waals surface area contributed by atoms with E-state index in [0.717, 1.165) is 17.6 Å². The van der Waals surface area contributed by atoms with E-state index in [1.54, 1.807) is 0 Å². The lowest BCUT2D eigenvalue weighted by atomic mass is 10.1. The molecular formula is C16H16BrN. The second-order valence-corrected chi connectivity index (χ2v) is 4.90. The third kappa shape index (κ3) is 2.49. The molecule has 2 aromatic rings. The molecule has 0 unspecified atom stereocenters. The standard InChI is InChI=1S/C16H16BrN/c1-3-11-18(12-4-2)15-10-9-13-7-5-6-8-14(13)16(15)17/h3-10H,1-2,11-12H2. The summed E-state index contributed by atoms with van der Waals surface area (Å²) >= 11 is 3.71.